The molecular weight excluding hydrogens is 214 g/mol. The Kier molecular flexibility index (Phi) is 3.07. The Balaban J connectivity index is 2.83. The molecule has 0 amide bonds. The Morgan fingerprint density at radius 2 is 2.06 bits per heavy atom. The maximum absolute atomic E-state index is 12.4. The van der Waals surface area contributed by atoms with Gasteiger partial charge in [-0.3, -0.25) is 9.48 Å². The molecule has 1 aromatic carbocycles. The maximum atomic E-state index is 12.4. The Morgan fingerprint density at radius 3 is 2.65 bits per heavy atom. The molecule has 1 aromatic heterocycles. The number of nitrogens with two attached hydrogens (primary N) is 1. The van der Waals surface area contributed by atoms with E-state index in [1.807, 2.05) is 43.8 Å². The number of nitrogens with zero attached hydrogens (tertiary/aromatic N) is 2. The van der Waals surface area contributed by atoms with Gasteiger partial charge in [-0.25, -0.2) is 4.68 Å². The zero-order chi connectivity index (χ0) is 12.6. The second-order valence-corrected chi connectivity index (χ2v) is 4.62. The first-order valence-electron chi connectivity index (χ1n) is 5.97. The van der Waals surface area contributed by atoms with E-state index in [4.69, 9.17) is 5.73 Å². The molecule has 0 spiro atoms. The Morgan fingerprint density at radius 1 is 1.35 bits per heavy atom. The van der Waals surface area contributed by atoms with Crippen molar-refractivity contribution in [1.82, 2.24) is 9.36 Å². The molecule has 17 heavy (non-hydrogen) atoms. The van der Waals surface area contributed by atoms with Crippen molar-refractivity contribution in [2.75, 3.05) is 6.54 Å². The van der Waals surface area contributed by atoms with Crippen molar-refractivity contribution < 1.29 is 0 Å². The van der Waals surface area contributed by atoms with Gasteiger partial charge >= 0.3 is 0 Å². The highest BCUT2D eigenvalue weighted by molar-refractivity contribution is 5.82. The molecule has 0 saturated carbocycles. The van der Waals surface area contributed by atoms with Gasteiger partial charge in [0.05, 0.1) is 10.9 Å². The molecule has 0 aliphatic heterocycles. The van der Waals surface area contributed by atoms with E-state index in [0.29, 0.717) is 6.54 Å². The number of aryl methyl sites for hydroxylation is 1. The van der Waals surface area contributed by atoms with Gasteiger partial charge in [0.1, 0.15) is 0 Å². The molecule has 2 rings (SSSR count). The van der Waals surface area contributed by atoms with Crippen molar-refractivity contribution >= 4 is 10.9 Å². The number of rotatable bonds is 3. The van der Waals surface area contributed by atoms with Crippen LogP contribution >= 0.6 is 0 Å². The first kappa shape index (κ1) is 11.9. The van der Waals surface area contributed by atoms with Gasteiger partial charge in [0.25, 0.3) is 5.56 Å². The van der Waals surface area contributed by atoms with Crippen LogP contribution in [-0.2, 0) is 13.5 Å². The number of fused-ring (bicyclic) bond motifs is 1. The van der Waals surface area contributed by atoms with E-state index < -0.39 is 0 Å². The molecule has 0 unspecified atom stereocenters. The fourth-order valence-electron chi connectivity index (χ4n) is 2.41. The third-order valence-electron chi connectivity index (χ3n) is 3.13. The molecule has 4 nitrogen and oxygen atoms in total. The number of benzene rings is 1. The molecular formula is C13H19N3O. The lowest BCUT2D eigenvalue weighted by atomic mass is 10.1. The summed E-state index contributed by atoms with van der Waals surface area (Å²) in [7, 11) is 1.93. The number of hydrogen-bond acceptors (Lipinski definition) is 2. The van der Waals surface area contributed by atoms with Crippen molar-refractivity contribution in [1.29, 1.82) is 0 Å². The van der Waals surface area contributed by atoms with Crippen LogP contribution in [0, 0.1) is 0 Å². The first-order valence-corrected chi connectivity index (χ1v) is 5.97. The van der Waals surface area contributed by atoms with Crippen LogP contribution in [0.25, 0.3) is 10.9 Å². The van der Waals surface area contributed by atoms with E-state index in [9.17, 15) is 4.79 Å². The number of aromatic nitrogens is 2. The van der Waals surface area contributed by atoms with Crippen LogP contribution in [0.1, 0.15) is 25.5 Å². The molecule has 4 heteroatoms. The van der Waals surface area contributed by atoms with Gasteiger partial charge in [0.15, 0.2) is 0 Å². The average molecular weight is 233 g/mol. The Bertz CT molecular complexity index is 592. The van der Waals surface area contributed by atoms with Crippen molar-refractivity contribution in [3.8, 4) is 0 Å². The molecule has 2 N–H and O–H groups in total. The summed E-state index contributed by atoms with van der Waals surface area (Å²) in [5, 5.41) is 0.814. The summed E-state index contributed by atoms with van der Waals surface area (Å²) in [5.41, 5.74) is 7.70. The van der Waals surface area contributed by atoms with Gasteiger partial charge in [-0.05, 0) is 38.4 Å². The monoisotopic (exact) mass is 233 g/mol. The summed E-state index contributed by atoms with van der Waals surface area (Å²) in [4.78, 5) is 12.4. The third-order valence-corrected chi connectivity index (χ3v) is 3.13. The highest BCUT2D eigenvalue weighted by atomic mass is 16.1. The Labute approximate surface area is 101 Å². The minimum Gasteiger partial charge on any atom is -0.330 e. The van der Waals surface area contributed by atoms with Gasteiger partial charge in [-0.2, -0.15) is 0 Å². The van der Waals surface area contributed by atoms with Crippen LogP contribution < -0.4 is 11.3 Å². The highest BCUT2D eigenvalue weighted by Crippen LogP contribution is 2.17. The molecule has 2 aromatic rings. The van der Waals surface area contributed by atoms with E-state index in [-0.39, 0.29) is 11.6 Å². The third kappa shape index (κ3) is 1.78. The zero-order valence-corrected chi connectivity index (χ0v) is 10.6. The van der Waals surface area contributed by atoms with Gasteiger partial charge in [0, 0.05) is 13.1 Å². The van der Waals surface area contributed by atoms with Crippen molar-refractivity contribution in [3.63, 3.8) is 0 Å². The van der Waals surface area contributed by atoms with E-state index in [0.717, 1.165) is 22.9 Å². The summed E-state index contributed by atoms with van der Waals surface area (Å²) in [6.07, 6.45) is 0.745. The van der Waals surface area contributed by atoms with Crippen molar-refractivity contribution in [3.05, 3.63) is 34.1 Å². The second kappa shape index (κ2) is 4.37. The summed E-state index contributed by atoms with van der Waals surface area (Å²) < 4.78 is 3.72. The minimum absolute atomic E-state index is 0.0848. The molecule has 0 atom stereocenters. The lowest BCUT2D eigenvalue weighted by Gasteiger charge is -2.10. The molecule has 0 aliphatic rings. The van der Waals surface area contributed by atoms with Crippen LogP contribution in [0.2, 0.25) is 0 Å². The fourth-order valence-corrected chi connectivity index (χ4v) is 2.41. The van der Waals surface area contributed by atoms with Crippen LogP contribution in [0.15, 0.2) is 23.0 Å². The smallest absolute Gasteiger partial charge is 0.275 e. The predicted molar refractivity (Wildman–Crippen MR) is 70.3 cm³/mol. The topological polar surface area (TPSA) is 52.9 Å². The Hall–Kier alpha value is -1.55. The fraction of sp³-hybridized carbons (Fsp3) is 0.462. The largest absolute Gasteiger partial charge is 0.330 e. The van der Waals surface area contributed by atoms with Crippen LogP contribution in [-0.4, -0.2) is 15.9 Å². The van der Waals surface area contributed by atoms with E-state index in [1.54, 1.807) is 4.68 Å². The van der Waals surface area contributed by atoms with Crippen molar-refractivity contribution in [2.45, 2.75) is 26.3 Å². The predicted octanol–water partition coefficient (Wildman–Crippen LogP) is 1.42. The van der Waals surface area contributed by atoms with Crippen LogP contribution in [0.5, 0.6) is 0 Å². The van der Waals surface area contributed by atoms with Gasteiger partial charge in [-0.15, -0.1) is 0 Å². The summed E-state index contributed by atoms with van der Waals surface area (Å²) >= 11 is 0. The molecule has 0 radical (unpaired) electrons. The van der Waals surface area contributed by atoms with E-state index in [1.165, 1.54) is 0 Å². The molecule has 0 saturated heterocycles. The van der Waals surface area contributed by atoms with E-state index >= 15 is 0 Å². The number of hydrogen-bond donors (Lipinski definition) is 1. The highest BCUT2D eigenvalue weighted by Gasteiger charge is 2.15. The van der Waals surface area contributed by atoms with E-state index in [2.05, 4.69) is 0 Å². The molecule has 0 fully saturated rings. The van der Waals surface area contributed by atoms with Crippen molar-refractivity contribution in [2.24, 2.45) is 12.8 Å². The summed E-state index contributed by atoms with van der Waals surface area (Å²) in [6, 6.07) is 6.11. The first-order chi connectivity index (χ1) is 8.07. The average Bonchev–Trinajstić information content (AvgIpc) is 2.53. The second-order valence-electron chi connectivity index (χ2n) is 4.62. The standard InChI is InChI=1S/C13H19N3O/c1-9(2)16-13(17)12-10(7-8-14)5-4-6-11(12)15(16)3/h4-6,9H,7-8,14H2,1-3H3. The molecule has 1 heterocycles. The van der Waals surface area contributed by atoms with Crippen LogP contribution in [0.4, 0.5) is 0 Å². The minimum atomic E-state index is 0.0848. The normalized spacial score (nSPS) is 11.6. The zero-order valence-electron chi connectivity index (χ0n) is 10.6. The summed E-state index contributed by atoms with van der Waals surface area (Å²) in [5.74, 6) is 0. The SMILES string of the molecule is CC(C)n1c(=O)c2c(CCN)cccc2n1C. The van der Waals surface area contributed by atoms with Gasteiger partial charge < -0.3 is 5.73 Å². The molecule has 0 bridgehead atoms. The quantitative estimate of drug-likeness (QED) is 0.871. The summed E-state index contributed by atoms with van der Waals surface area (Å²) in [6.45, 7) is 4.60. The maximum Gasteiger partial charge on any atom is 0.275 e. The lowest BCUT2D eigenvalue weighted by Crippen LogP contribution is -2.23. The lowest BCUT2D eigenvalue weighted by molar-refractivity contribution is 0.447. The van der Waals surface area contributed by atoms with Gasteiger partial charge in [-0.1, -0.05) is 12.1 Å². The molecule has 92 valence electrons. The molecule has 0 aliphatic carbocycles. The van der Waals surface area contributed by atoms with Gasteiger partial charge in [0.2, 0.25) is 0 Å². The van der Waals surface area contributed by atoms with Crippen LogP contribution in [0.3, 0.4) is 0 Å².